The van der Waals surface area contributed by atoms with Crippen LogP contribution in [0.15, 0.2) is 30.5 Å². The number of carbonyl (C=O) groups excluding carboxylic acids is 1. The molecule has 148 valence electrons. The first kappa shape index (κ1) is 18.7. The van der Waals surface area contributed by atoms with Gasteiger partial charge in [-0.15, -0.1) is 0 Å². The molecule has 1 atom stereocenters. The van der Waals surface area contributed by atoms with Crippen molar-refractivity contribution in [3.63, 3.8) is 0 Å². The number of amides is 1. The Labute approximate surface area is 166 Å². The Morgan fingerprint density at radius 1 is 1.29 bits per heavy atom. The van der Waals surface area contributed by atoms with E-state index in [2.05, 4.69) is 15.2 Å². The number of aromatic nitrogens is 2. The molecule has 6 nitrogen and oxygen atoms in total. The molecule has 0 radical (unpaired) electrons. The van der Waals surface area contributed by atoms with Gasteiger partial charge in [0.25, 0.3) is 0 Å². The fourth-order valence-corrected chi connectivity index (χ4v) is 4.08. The minimum Gasteiger partial charge on any atom is -0.497 e. The van der Waals surface area contributed by atoms with E-state index in [-0.39, 0.29) is 11.8 Å². The van der Waals surface area contributed by atoms with Crippen LogP contribution in [-0.4, -0.2) is 36.1 Å². The van der Waals surface area contributed by atoms with Gasteiger partial charge in [0.1, 0.15) is 5.75 Å². The van der Waals surface area contributed by atoms with Crippen LogP contribution in [0.25, 0.3) is 0 Å². The maximum atomic E-state index is 12.7. The van der Waals surface area contributed by atoms with Gasteiger partial charge in [0.2, 0.25) is 11.9 Å². The summed E-state index contributed by atoms with van der Waals surface area (Å²) in [6.07, 6.45) is 8.08. The quantitative estimate of drug-likeness (QED) is 0.864. The molecule has 2 aliphatic rings. The summed E-state index contributed by atoms with van der Waals surface area (Å²) in [7, 11) is 1.65. The minimum absolute atomic E-state index is 0.0115. The number of benzene rings is 1. The van der Waals surface area contributed by atoms with Crippen molar-refractivity contribution in [1.82, 2.24) is 15.3 Å². The first-order valence-corrected chi connectivity index (χ1v) is 10.2. The van der Waals surface area contributed by atoms with E-state index in [0.29, 0.717) is 6.54 Å². The van der Waals surface area contributed by atoms with Gasteiger partial charge in [0.05, 0.1) is 7.11 Å². The highest BCUT2D eigenvalue weighted by molar-refractivity contribution is 5.79. The van der Waals surface area contributed by atoms with Crippen LogP contribution in [-0.2, 0) is 24.2 Å². The molecule has 2 aromatic rings. The Hall–Kier alpha value is -2.63. The van der Waals surface area contributed by atoms with Gasteiger partial charge in [-0.25, -0.2) is 9.97 Å². The smallest absolute Gasteiger partial charge is 0.225 e. The molecule has 1 aromatic heterocycles. The second-order valence-corrected chi connectivity index (χ2v) is 7.70. The molecule has 1 fully saturated rings. The molecule has 1 aliphatic heterocycles. The zero-order valence-electron chi connectivity index (χ0n) is 16.5. The molecule has 1 aromatic carbocycles. The van der Waals surface area contributed by atoms with Crippen molar-refractivity contribution in [2.24, 2.45) is 5.92 Å². The van der Waals surface area contributed by atoms with Gasteiger partial charge < -0.3 is 15.0 Å². The van der Waals surface area contributed by atoms with Gasteiger partial charge in [-0.1, -0.05) is 12.1 Å². The van der Waals surface area contributed by atoms with Crippen molar-refractivity contribution in [1.29, 1.82) is 0 Å². The van der Waals surface area contributed by atoms with E-state index >= 15 is 0 Å². The fourth-order valence-electron chi connectivity index (χ4n) is 4.08. The molecular formula is C22H28N4O2. The summed E-state index contributed by atoms with van der Waals surface area (Å²) in [6.45, 7) is 2.62. The average molecular weight is 380 g/mol. The van der Waals surface area contributed by atoms with Crippen molar-refractivity contribution in [2.45, 2.75) is 45.1 Å². The van der Waals surface area contributed by atoms with Gasteiger partial charge in [-0.2, -0.15) is 0 Å². The van der Waals surface area contributed by atoms with Gasteiger partial charge in [-0.05, 0) is 61.8 Å². The number of aryl methyl sites for hydroxylation is 1. The maximum Gasteiger partial charge on any atom is 0.225 e. The first-order chi connectivity index (χ1) is 13.7. The molecule has 4 rings (SSSR count). The first-order valence-electron chi connectivity index (χ1n) is 10.2. The topological polar surface area (TPSA) is 67.3 Å². The van der Waals surface area contributed by atoms with Crippen LogP contribution in [0.2, 0.25) is 0 Å². The van der Waals surface area contributed by atoms with E-state index in [0.717, 1.165) is 60.9 Å². The molecule has 1 aliphatic carbocycles. The Balaban J connectivity index is 1.36. The lowest BCUT2D eigenvalue weighted by molar-refractivity contribution is -0.125. The monoisotopic (exact) mass is 380 g/mol. The van der Waals surface area contributed by atoms with Crippen molar-refractivity contribution in [3.05, 3.63) is 47.3 Å². The van der Waals surface area contributed by atoms with Crippen LogP contribution in [0.3, 0.4) is 0 Å². The van der Waals surface area contributed by atoms with Crippen LogP contribution in [0.1, 0.15) is 42.5 Å². The van der Waals surface area contributed by atoms with Crippen molar-refractivity contribution in [2.75, 3.05) is 25.1 Å². The van der Waals surface area contributed by atoms with Crippen molar-refractivity contribution < 1.29 is 9.53 Å². The summed E-state index contributed by atoms with van der Waals surface area (Å²) >= 11 is 0. The maximum absolute atomic E-state index is 12.7. The van der Waals surface area contributed by atoms with E-state index in [1.807, 2.05) is 30.5 Å². The lowest BCUT2D eigenvalue weighted by Gasteiger charge is -2.28. The normalized spacial score (nSPS) is 19.0. The Morgan fingerprint density at radius 2 is 2.14 bits per heavy atom. The highest BCUT2D eigenvalue weighted by Crippen LogP contribution is 2.26. The number of anilines is 1. The molecule has 1 amide bonds. The molecule has 0 spiro atoms. The number of hydrogen-bond donors (Lipinski definition) is 1. The lowest BCUT2D eigenvalue weighted by atomic mass is 9.86. The highest BCUT2D eigenvalue weighted by Gasteiger charge is 2.26. The van der Waals surface area contributed by atoms with E-state index < -0.39 is 0 Å². The third-order valence-corrected chi connectivity index (χ3v) is 5.75. The molecule has 28 heavy (non-hydrogen) atoms. The molecule has 1 saturated heterocycles. The van der Waals surface area contributed by atoms with Gasteiger partial charge in [0, 0.05) is 37.4 Å². The summed E-state index contributed by atoms with van der Waals surface area (Å²) in [5, 5.41) is 3.07. The van der Waals surface area contributed by atoms with Gasteiger partial charge >= 0.3 is 0 Å². The number of nitrogens with one attached hydrogen (secondary N) is 1. The van der Waals surface area contributed by atoms with Gasteiger partial charge in [-0.3, -0.25) is 4.79 Å². The molecule has 0 unspecified atom stereocenters. The summed E-state index contributed by atoms with van der Waals surface area (Å²) in [4.78, 5) is 24.4. The zero-order valence-corrected chi connectivity index (χ0v) is 16.5. The standard InChI is InChI=1S/C22H28N4O2/c1-28-19-7-5-6-16(12-19)14-23-21(27)17-8-9-20-18(13-17)15-24-22(25-20)26-10-3-2-4-11-26/h5-7,12,15,17H,2-4,8-11,13-14H2,1H3,(H,23,27)/t17-/m0/s1. The van der Waals surface area contributed by atoms with E-state index in [1.54, 1.807) is 7.11 Å². The predicted octanol–water partition coefficient (Wildman–Crippen LogP) is 2.90. The van der Waals surface area contributed by atoms with Crippen LogP contribution in [0.4, 0.5) is 5.95 Å². The van der Waals surface area contributed by atoms with Crippen molar-refractivity contribution >= 4 is 11.9 Å². The average Bonchev–Trinajstić information content (AvgIpc) is 2.77. The summed E-state index contributed by atoms with van der Waals surface area (Å²) in [5.74, 6) is 1.76. The number of hydrogen-bond acceptors (Lipinski definition) is 5. The Kier molecular flexibility index (Phi) is 5.74. The van der Waals surface area contributed by atoms with Crippen molar-refractivity contribution in [3.8, 4) is 5.75 Å². The van der Waals surface area contributed by atoms with Crippen LogP contribution < -0.4 is 15.0 Å². The Bertz CT molecular complexity index is 833. The number of carbonyl (C=O) groups is 1. The number of fused-ring (bicyclic) bond motifs is 1. The minimum atomic E-state index is -0.0115. The number of piperidine rings is 1. The molecule has 1 N–H and O–H groups in total. The highest BCUT2D eigenvalue weighted by atomic mass is 16.5. The number of nitrogens with zero attached hydrogens (tertiary/aromatic N) is 3. The molecular weight excluding hydrogens is 352 g/mol. The predicted molar refractivity (Wildman–Crippen MR) is 108 cm³/mol. The molecule has 6 heteroatoms. The van der Waals surface area contributed by atoms with Crippen LogP contribution >= 0.6 is 0 Å². The number of ether oxygens (including phenoxy) is 1. The summed E-state index contributed by atoms with van der Waals surface area (Å²) in [6, 6.07) is 7.79. The largest absolute Gasteiger partial charge is 0.497 e. The number of methoxy groups -OCH3 is 1. The van der Waals surface area contributed by atoms with Crippen LogP contribution in [0, 0.1) is 5.92 Å². The zero-order chi connectivity index (χ0) is 19.3. The third-order valence-electron chi connectivity index (χ3n) is 5.75. The number of rotatable bonds is 5. The van der Waals surface area contributed by atoms with E-state index in [4.69, 9.17) is 9.72 Å². The summed E-state index contributed by atoms with van der Waals surface area (Å²) < 4.78 is 5.24. The van der Waals surface area contributed by atoms with E-state index in [1.165, 1.54) is 19.3 Å². The molecule has 2 heterocycles. The second-order valence-electron chi connectivity index (χ2n) is 7.70. The fraction of sp³-hybridized carbons (Fsp3) is 0.500. The summed E-state index contributed by atoms with van der Waals surface area (Å²) in [5.41, 5.74) is 3.28. The van der Waals surface area contributed by atoms with E-state index in [9.17, 15) is 4.79 Å². The SMILES string of the molecule is COc1cccc(CNC(=O)[C@H]2CCc3nc(N4CCCCC4)ncc3C2)c1. The lowest BCUT2D eigenvalue weighted by Crippen LogP contribution is -2.35. The van der Waals surface area contributed by atoms with Gasteiger partial charge in [0.15, 0.2) is 0 Å². The third kappa shape index (κ3) is 4.26. The Morgan fingerprint density at radius 3 is 2.96 bits per heavy atom. The second kappa shape index (κ2) is 8.59. The molecule has 0 bridgehead atoms. The molecule has 0 saturated carbocycles. The van der Waals surface area contributed by atoms with Crippen LogP contribution in [0.5, 0.6) is 5.75 Å².